The van der Waals surface area contributed by atoms with Crippen LogP contribution in [0, 0.1) is 0 Å². The molecule has 0 aromatic heterocycles. The van der Waals surface area contributed by atoms with Crippen LogP contribution in [0.2, 0.25) is 0 Å². The summed E-state index contributed by atoms with van der Waals surface area (Å²) in [6, 6.07) is 0. The predicted octanol–water partition coefficient (Wildman–Crippen LogP) is 2.56. The molecule has 1 aliphatic rings. The summed E-state index contributed by atoms with van der Waals surface area (Å²) in [6.45, 7) is 8.38. The van der Waals surface area contributed by atoms with E-state index in [4.69, 9.17) is 21.1 Å². The maximum Gasteiger partial charge on any atom is 0.205 e. The average Bonchev–Trinajstić information content (AvgIpc) is 2.17. The second kappa shape index (κ2) is 3.96. The van der Waals surface area contributed by atoms with Crippen molar-refractivity contribution in [1.82, 2.24) is 4.90 Å². The van der Waals surface area contributed by atoms with Crippen molar-refractivity contribution in [1.29, 1.82) is 0 Å². The summed E-state index contributed by atoms with van der Waals surface area (Å²) in [4.78, 5) is 2.00. The Kier molecular flexibility index (Phi) is 3.39. The third-order valence-electron chi connectivity index (χ3n) is 2.10. The third-order valence-corrected chi connectivity index (χ3v) is 2.39. The standard InChI is InChI=1S/C11H20ClNO2/c1-10(2)9(8(12)7-13(5)6)14-11(3,4)15-10/h7H2,1-6H3/b9-8-. The number of hydrogen-bond donors (Lipinski definition) is 0. The van der Waals surface area contributed by atoms with Gasteiger partial charge in [-0.1, -0.05) is 11.6 Å². The van der Waals surface area contributed by atoms with Gasteiger partial charge in [-0.25, -0.2) is 0 Å². The van der Waals surface area contributed by atoms with Crippen molar-refractivity contribution in [2.75, 3.05) is 20.6 Å². The molecule has 0 radical (unpaired) electrons. The summed E-state index contributed by atoms with van der Waals surface area (Å²) < 4.78 is 11.5. The van der Waals surface area contributed by atoms with Crippen LogP contribution in [0.15, 0.2) is 10.8 Å². The van der Waals surface area contributed by atoms with E-state index in [2.05, 4.69) is 0 Å². The molecule has 1 rings (SSSR count). The minimum absolute atomic E-state index is 0.448. The molecular formula is C11H20ClNO2. The Morgan fingerprint density at radius 1 is 1.27 bits per heavy atom. The Morgan fingerprint density at radius 3 is 2.13 bits per heavy atom. The monoisotopic (exact) mass is 233 g/mol. The highest BCUT2D eigenvalue weighted by Gasteiger charge is 2.45. The van der Waals surface area contributed by atoms with E-state index >= 15 is 0 Å². The number of rotatable bonds is 2. The molecule has 0 aromatic carbocycles. The highest BCUT2D eigenvalue weighted by atomic mass is 35.5. The third kappa shape index (κ3) is 3.10. The van der Waals surface area contributed by atoms with Crippen molar-refractivity contribution >= 4 is 11.6 Å². The topological polar surface area (TPSA) is 21.7 Å². The minimum atomic E-state index is -0.592. The average molecular weight is 234 g/mol. The van der Waals surface area contributed by atoms with E-state index < -0.39 is 11.4 Å². The molecule has 0 unspecified atom stereocenters. The molecule has 1 fully saturated rings. The van der Waals surface area contributed by atoms with Gasteiger partial charge in [0.05, 0.1) is 5.03 Å². The van der Waals surface area contributed by atoms with Crippen LogP contribution in [-0.2, 0) is 9.47 Å². The van der Waals surface area contributed by atoms with Crippen LogP contribution < -0.4 is 0 Å². The van der Waals surface area contributed by atoms with E-state index in [0.717, 1.165) is 5.76 Å². The second-order valence-electron chi connectivity index (χ2n) is 5.09. The zero-order chi connectivity index (χ0) is 11.9. The molecule has 4 heteroatoms. The Balaban J connectivity index is 2.94. The fraction of sp³-hybridized carbons (Fsp3) is 0.818. The van der Waals surface area contributed by atoms with Gasteiger partial charge in [-0.2, -0.15) is 0 Å². The van der Waals surface area contributed by atoms with Gasteiger partial charge in [-0.15, -0.1) is 0 Å². The van der Waals surface area contributed by atoms with Crippen LogP contribution in [0.1, 0.15) is 27.7 Å². The maximum absolute atomic E-state index is 6.23. The van der Waals surface area contributed by atoms with Gasteiger partial charge in [-0.3, -0.25) is 0 Å². The van der Waals surface area contributed by atoms with Gasteiger partial charge < -0.3 is 14.4 Å². The summed E-state index contributed by atoms with van der Waals surface area (Å²) in [5.74, 6) is 0.147. The van der Waals surface area contributed by atoms with Gasteiger partial charge in [-0.05, 0) is 27.9 Å². The Bertz CT molecular complexity index is 282. The number of halogens is 1. The van der Waals surface area contributed by atoms with Gasteiger partial charge in [0.1, 0.15) is 11.4 Å². The van der Waals surface area contributed by atoms with Crippen molar-refractivity contribution in [3.8, 4) is 0 Å². The first kappa shape index (κ1) is 12.8. The van der Waals surface area contributed by atoms with Crippen LogP contribution in [0.3, 0.4) is 0 Å². The molecule has 3 nitrogen and oxygen atoms in total. The van der Waals surface area contributed by atoms with Crippen molar-refractivity contribution in [2.24, 2.45) is 0 Å². The minimum Gasteiger partial charge on any atom is -0.463 e. The van der Waals surface area contributed by atoms with Crippen molar-refractivity contribution in [3.05, 3.63) is 10.8 Å². The lowest BCUT2D eigenvalue weighted by Crippen LogP contribution is -2.27. The van der Waals surface area contributed by atoms with Gasteiger partial charge in [0.15, 0.2) is 0 Å². The zero-order valence-electron chi connectivity index (χ0n) is 10.3. The van der Waals surface area contributed by atoms with Crippen LogP contribution in [0.25, 0.3) is 0 Å². The van der Waals surface area contributed by atoms with E-state index in [1.54, 1.807) is 0 Å². The molecule has 15 heavy (non-hydrogen) atoms. The molecule has 0 atom stereocenters. The normalized spacial score (nSPS) is 26.7. The van der Waals surface area contributed by atoms with E-state index in [0.29, 0.717) is 11.6 Å². The highest BCUT2D eigenvalue weighted by Crippen LogP contribution is 2.41. The molecule has 0 bridgehead atoms. The first-order valence-corrected chi connectivity index (χ1v) is 5.45. The maximum atomic E-state index is 6.23. The number of nitrogens with zero attached hydrogens (tertiary/aromatic N) is 1. The molecule has 0 saturated carbocycles. The Labute approximate surface area is 97.0 Å². The van der Waals surface area contributed by atoms with E-state index in [1.165, 1.54) is 0 Å². The largest absolute Gasteiger partial charge is 0.463 e. The SMILES string of the molecule is CN(C)C/C(Cl)=C1/OC(C)(C)OC1(C)C. The summed E-state index contributed by atoms with van der Waals surface area (Å²) in [5, 5.41) is 0.704. The molecule has 0 spiro atoms. The second-order valence-corrected chi connectivity index (χ2v) is 5.54. The van der Waals surface area contributed by atoms with Gasteiger partial charge in [0.25, 0.3) is 0 Å². The lowest BCUT2D eigenvalue weighted by molar-refractivity contribution is -0.151. The molecular weight excluding hydrogens is 214 g/mol. The number of hydrogen-bond acceptors (Lipinski definition) is 3. The van der Waals surface area contributed by atoms with Crippen LogP contribution >= 0.6 is 11.6 Å². The van der Waals surface area contributed by atoms with Gasteiger partial charge in [0, 0.05) is 20.4 Å². The van der Waals surface area contributed by atoms with Crippen molar-refractivity contribution in [2.45, 2.75) is 39.1 Å². The molecule has 1 aliphatic heterocycles. The van der Waals surface area contributed by atoms with Crippen LogP contribution in [-0.4, -0.2) is 36.9 Å². The summed E-state index contributed by atoms with van der Waals surface area (Å²) >= 11 is 6.23. The molecule has 0 amide bonds. The highest BCUT2D eigenvalue weighted by molar-refractivity contribution is 6.30. The summed E-state index contributed by atoms with van der Waals surface area (Å²) in [5.41, 5.74) is -0.448. The molecule has 0 aliphatic carbocycles. The van der Waals surface area contributed by atoms with Gasteiger partial charge >= 0.3 is 0 Å². The van der Waals surface area contributed by atoms with Crippen molar-refractivity contribution < 1.29 is 9.47 Å². The first-order valence-electron chi connectivity index (χ1n) is 5.07. The Hall–Kier alpha value is -0.250. The van der Waals surface area contributed by atoms with Crippen LogP contribution in [0.4, 0.5) is 0 Å². The van der Waals surface area contributed by atoms with E-state index in [9.17, 15) is 0 Å². The molecule has 88 valence electrons. The number of likely N-dealkylation sites (N-methyl/N-ethyl adjacent to an activating group) is 1. The smallest absolute Gasteiger partial charge is 0.205 e. The van der Waals surface area contributed by atoms with Crippen molar-refractivity contribution in [3.63, 3.8) is 0 Å². The number of ether oxygens (including phenoxy) is 2. The molecule has 1 heterocycles. The van der Waals surface area contributed by atoms with E-state index in [1.807, 2.05) is 46.7 Å². The molecule has 1 saturated heterocycles. The molecule has 0 N–H and O–H groups in total. The fourth-order valence-corrected chi connectivity index (χ4v) is 2.29. The molecule has 0 aromatic rings. The lowest BCUT2D eigenvalue weighted by atomic mass is 10.1. The first-order chi connectivity index (χ1) is 6.64. The predicted molar refractivity (Wildman–Crippen MR) is 61.8 cm³/mol. The summed E-state index contributed by atoms with van der Waals surface area (Å²) in [6.07, 6.45) is 0. The van der Waals surface area contributed by atoms with Gasteiger partial charge in [0.2, 0.25) is 5.79 Å². The fourth-order valence-electron chi connectivity index (χ4n) is 1.78. The Morgan fingerprint density at radius 2 is 1.80 bits per heavy atom. The van der Waals surface area contributed by atoms with Crippen LogP contribution in [0.5, 0.6) is 0 Å². The zero-order valence-corrected chi connectivity index (χ0v) is 11.1. The quantitative estimate of drug-likeness (QED) is 0.732. The lowest BCUT2D eigenvalue weighted by Gasteiger charge is -2.19. The summed E-state index contributed by atoms with van der Waals surface area (Å²) in [7, 11) is 3.94. The van der Waals surface area contributed by atoms with E-state index in [-0.39, 0.29) is 0 Å².